The topological polar surface area (TPSA) is 86.3 Å². The molecule has 0 saturated carbocycles. The van der Waals surface area contributed by atoms with Crippen LogP contribution >= 0.6 is 0 Å². The van der Waals surface area contributed by atoms with Crippen LogP contribution in [0.3, 0.4) is 0 Å². The van der Waals surface area contributed by atoms with Crippen LogP contribution in [0.4, 0.5) is 5.82 Å². The summed E-state index contributed by atoms with van der Waals surface area (Å²) in [6.07, 6.45) is 1.08. The van der Waals surface area contributed by atoms with Crippen molar-refractivity contribution in [2.75, 3.05) is 25.4 Å². The minimum absolute atomic E-state index is 0.152. The molecular weight excluding hydrogens is 318 g/mol. The van der Waals surface area contributed by atoms with Gasteiger partial charge in [-0.15, -0.1) is 0 Å². The lowest BCUT2D eigenvalue weighted by molar-refractivity contribution is -0.139. The number of nitrogens with two attached hydrogens (primary N) is 1. The molecule has 7 nitrogen and oxygen atoms in total. The molecule has 25 heavy (non-hydrogen) atoms. The zero-order valence-electron chi connectivity index (χ0n) is 14.8. The van der Waals surface area contributed by atoms with Crippen molar-refractivity contribution in [3.63, 3.8) is 0 Å². The number of aromatic nitrogens is 3. The van der Waals surface area contributed by atoms with Gasteiger partial charge in [0.2, 0.25) is 5.91 Å². The van der Waals surface area contributed by atoms with E-state index in [4.69, 9.17) is 10.5 Å². The average molecular weight is 343 g/mol. The van der Waals surface area contributed by atoms with E-state index in [0.29, 0.717) is 31.9 Å². The van der Waals surface area contributed by atoms with Crippen molar-refractivity contribution in [1.29, 1.82) is 0 Å². The highest BCUT2D eigenvalue weighted by atomic mass is 16.5. The maximum atomic E-state index is 12.5. The van der Waals surface area contributed by atoms with Crippen LogP contribution in [-0.2, 0) is 16.1 Å². The lowest BCUT2D eigenvalue weighted by Gasteiger charge is -2.32. The molecule has 0 aliphatic carbocycles. The van der Waals surface area contributed by atoms with E-state index in [-0.39, 0.29) is 12.0 Å². The molecule has 7 heteroatoms. The van der Waals surface area contributed by atoms with Crippen molar-refractivity contribution in [3.05, 3.63) is 41.3 Å². The molecule has 1 unspecified atom stereocenters. The maximum Gasteiger partial charge on any atom is 0.222 e. The van der Waals surface area contributed by atoms with Gasteiger partial charge in [-0.3, -0.25) is 9.48 Å². The highest BCUT2D eigenvalue weighted by molar-refractivity contribution is 5.76. The first kappa shape index (κ1) is 17.4. The monoisotopic (exact) mass is 343 g/mol. The van der Waals surface area contributed by atoms with Gasteiger partial charge in [0, 0.05) is 25.2 Å². The minimum atomic E-state index is -0.211. The van der Waals surface area contributed by atoms with Crippen LogP contribution in [0.25, 0.3) is 0 Å². The van der Waals surface area contributed by atoms with Crippen LogP contribution < -0.4 is 5.73 Å². The van der Waals surface area contributed by atoms with Crippen LogP contribution in [0.1, 0.15) is 36.0 Å². The summed E-state index contributed by atoms with van der Waals surface area (Å²) in [7, 11) is 0. The molecule has 1 aliphatic rings. The van der Waals surface area contributed by atoms with E-state index in [2.05, 4.69) is 10.1 Å². The molecule has 3 rings (SSSR count). The SMILES string of the molecule is Cc1cc(C)n(CCCC(=O)N2CCOC(c3cccc(N)n3)C2)n1. The van der Waals surface area contributed by atoms with Crippen LogP contribution in [0.5, 0.6) is 0 Å². The molecule has 0 radical (unpaired) electrons. The Morgan fingerprint density at radius 3 is 2.96 bits per heavy atom. The fourth-order valence-electron chi connectivity index (χ4n) is 3.14. The van der Waals surface area contributed by atoms with E-state index in [0.717, 1.165) is 30.0 Å². The molecule has 1 atom stereocenters. The number of pyridine rings is 1. The summed E-state index contributed by atoms with van der Waals surface area (Å²) >= 11 is 0. The Kier molecular flexibility index (Phi) is 5.33. The van der Waals surface area contributed by atoms with Gasteiger partial charge in [-0.1, -0.05) is 6.07 Å². The van der Waals surface area contributed by atoms with Gasteiger partial charge in [0.05, 0.1) is 24.5 Å². The summed E-state index contributed by atoms with van der Waals surface area (Å²) in [5, 5.41) is 4.43. The molecule has 2 aromatic rings. The third-order valence-electron chi connectivity index (χ3n) is 4.41. The second-order valence-electron chi connectivity index (χ2n) is 6.44. The van der Waals surface area contributed by atoms with Gasteiger partial charge in [0.25, 0.3) is 0 Å². The number of nitrogens with zero attached hydrogens (tertiary/aromatic N) is 4. The Hall–Kier alpha value is -2.41. The predicted octanol–water partition coefficient (Wildman–Crippen LogP) is 1.86. The summed E-state index contributed by atoms with van der Waals surface area (Å²) < 4.78 is 7.73. The molecule has 2 N–H and O–H groups in total. The summed E-state index contributed by atoms with van der Waals surface area (Å²) in [5.74, 6) is 0.619. The first-order valence-electron chi connectivity index (χ1n) is 8.66. The maximum absolute atomic E-state index is 12.5. The lowest BCUT2D eigenvalue weighted by Crippen LogP contribution is -2.42. The number of hydrogen-bond acceptors (Lipinski definition) is 5. The molecule has 0 spiro atoms. The number of morpholine rings is 1. The molecule has 3 heterocycles. The van der Waals surface area contributed by atoms with Gasteiger partial charge in [0.1, 0.15) is 11.9 Å². The lowest BCUT2D eigenvalue weighted by atomic mass is 10.1. The highest BCUT2D eigenvalue weighted by Gasteiger charge is 2.26. The van der Waals surface area contributed by atoms with E-state index in [1.165, 1.54) is 0 Å². The number of hydrogen-bond donors (Lipinski definition) is 1. The van der Waals surface area contributed by atoms with E-state index >= 15 is 0 Å². The molecule has 134 valence electrons. The normalized spacial score (nSPS) is 17.7. The van der Waals surface area contributed by atoms with E-state index in [1.807, 2.05) is 41.6 Å². The second kappa shape index (κ2) is 7.65. The molecule has 1 saturated heterocycles. The fraction of sp³-hybridized carbons (Fsp3) is 0.500. The number of aryl methyl sites for hydroxylation is 3. The summed E-state index contributed by atoms with van der Waals surface area (Å²) in [6.45, 7) is 6.44. The molecule has 1 amide bonds. The Bertz CT molecular complexity index is 743. The molecular formula is C18H25N5O2. The number of nitrogen functional groups attached to an aromatic ring is 1. The van der Waals surface area contributed by atoms with Gasteiger partial charge in [0.15, 0.2) is 0 Å². The van der Waals surface area contributed by atoms with Crippen molar-refractivity contribution < 1.29 is 9.53 Å². The first-order chi connectivity index (χ1) is 12.0. The predicted molar refractivity (Wildman–Crippen MR) is 94.9 cm³/mol. The number of amides is 1. The first-order valence-corrected chi connectivity index (χ1v) is 8.66. The van der Waals surface area contributed by atoms with Gasteiger partial charge in [-0.05, 0) is 38.5 Å². The number of anilines is 1. The molecule has 2 aromatic heterocycles. The van der Waals surface area contributed by atoms with Crippen LogP contribution in [0.15, 0.2) is 24.3 Å². The number of carbonyl (C=O) groups excluding carboxylic acids is 1. The van der Waals surface area contributed by atoms with Gasteiger partial charge in [-0.2, -0.15) is 5.10 Å². The summed E-state index contributed by atoms with van der Waals surface area (Å²) in [5.41, 5.74) is 8.65. The van der Waals surface area contributed by atoms with Gasteiger partial charge in [-0.25, -0.2) is 4.98 Å². The molecule has 1 fully saturated rings. The molecule has 0 aromatic carbocycles. The van der Waals surface area contributed by atoms with Crippen molar-refractivity contribution in [2.24, 2.45) is 0 Å². The number of rotatable bonds is 5. The van der Waals surface area contributed by atoms with Crippen LogP contribution in [-0.4, -0.2) is 45.3 Å². The van der Waals surface area contributed by atoms with Crippen molar-refractivity contribution >= 4 is 11.7 Å². The molecule has 0 bridgehead atoms. The van der Waals surface area contributed by atoms with E-state index in [9.17, 15) is 4.79 Å². The van der Waals surface area contributed by atoms with Crippen molar-refractivity contribution in [2.45, 2.75) is 39.3 Å². The third-order valence-corrected chi connectivity index (χ3v) is 4.41. The molecule has 1 aliphatic heterocycles. The van der Waals surface area contributed by atoms with Crippen molar-refractivity contribution in [3.8, 4) is 0 Å². The highest BCUT2D eigenvalue weighted by Crippen LogP contribution is 2.22. The number of carbonyl (C=O) groups is 1. The second-order valence-corrected chi connectivity index (χ2v) is 6.44. The van der Waals surface area contributed by atoms with Crippen LogP contribution in [0.2, 0.25) is 0 Å². The fourth-order valence-corrected chi connectivity index (χ4v) is 3.14. The Morgan fingerprint density at radius 2 is 2.24 bits per heavy atom. The summed E-state index contributed by atoms with van der Waals surface area (Å²) in [4.78, 5) is 18.7. The Morgan fingerprint density at radius 1 is 1.40 bits per heavy atom. The van der Waals surface area contributed by atoms with Crippen molar-refractivity contribution in [1.82, 2.24) is 19.7 Å². The summed E-state index contributed by atoms with van der Waals surface area (Å²) in [6, 6.07) is 7.54. The quantitative estimate of drug-likeness (QED) is 0.895. The van der Waals surface area contributed by atoms with Crippen LogP contribution in [0, 0.1) is 13.8 Å². The smallest absolute Gasteiger partial charge is 0.222 e. The largest absolute Gasteiger partial charge is 0.384 e. The zero-order valence-corrected chi connectivity index (χ0v) is 14.8. The zero-order chi connectivity index (χ0) is 17.8. The Labute approximate surface area is 147 Å². The van der Waals surface area contributed by atoms with E-state index < -0.39 is 0 Å². The standard InChI is InChI=1S/C18H25N5O2/c1-13-11-14(2)23(21-13)8-4-7-18(24)22-9-10-25-16(12-22)15-5-3-6-17(19)20-15/h3,5-6,11,16H,4,7-10,12H2,1-2H3,(H2,19,20). The van der Waals surface area contributed by atoms with Gasteiger partial charge < -0.3 is 15.4 Å². The van der Waals surface area contributed by atoms with E-state index in [1.54, 1.807) is 6.07 Å². The van der Waals surface area contributed by atoms with Gasteiger partial charge >= 0.3 is 0 Å². The average Bonchev–Trinajstić information content (AvgIpc) is 2.92. The Balaban J connectivity index is 1.52. The third kappa shape index (κ3) is 4.36. The minimum Gasteiger partial charge on any atom is -0.384 e. The number of ether oxygens (including phenoxy) is 1.